The molecule has 1 heterocycles. The van der Waals surface area contributed by atoms with Crippen molar-refractivity contribution in [2.45, 2.75) is 0 Å². The first-order chi connectivity index (χ1) is 7.59. The van der Waals surface area contributed by atoms with E-state index in [9.17, 15) is 9.18 Å². The minimum atomic E-state index is -1.02. The van der Waals surface area contributed by atoms with Crippen LogP contribution in [0.1, 0.15) is 9.67 Å². The Kier molecular flexibility index (Phi) is 2.94. The smallest absolute Gasteiger partial charge is 0.345 e. The maximum atomic E-state index is 13.5. The first kappa shape index (κ1) is 11.1. The summed E-state index contributed by atoms with van der Waals surface area (Å²) in [4.78, 5) is 10.9. The summed E-state index contributed by atoms with van der Waals surface area (Å²) in [5, 5.41) is 10.6. The van der Waals surface area contributed by atoms with Crippen molar-refractivity contribution in [2.24, 2.45) is 0 Å². The van der Waals surface area contributed by atoms with Crippen LogP contribution in [0.3, 0.4) is 0 Å². The van der Waals surface area contributed by atoms with Crippen LogP contribution in [0, 0.1) is 5.82 Å². The van der Waals surface area contributed by atoms with E-state index in [-0.39, 0.29) is 15.5 Å². The predicted octanol–water partition coefficient (Wildman–Crippen LogP) is 3.91. The van der Waals surface area contributed by atoms with Crippen molar-refractivity contribution >= 4 is 28.9 Å². The van der Waals surface area contributed by atoms with Crippen LogP contribution in [0.15, 0.2) is 29.6 Å². The summed E-state index contributed by atoms with van der Waals surface area (Å²) in [7, 11) is 0. The molecule has 0 spiro atoms. The number of hydrogen-bond donors (Lipinski definition) is 1. The fourth-order valence-electron chi connectivity index (χ4n) is 1.35. The van der Waals surface area contributed by atoms with E-state index in [4.69, 9.17) is 16.7 Å². The van der Waals surface area contributed by atoms with Gasteiger partial charge in [0.25, 0.3) is 0 Å². The van der Waals surface area contributed by atoms with Crippen LogP contribution in [0.4, 0.5) is 4.39 Å². The van der Waals surface area contributed by atoms with Crippen LogP contribution in [-0.4, -0.2) is 11.1 Å². The minimum Gasteiger partial charge on any atom is -0.477 e. The van der Waals surface area contributed by atoms with Gasteiger partial charge in [0, 0.05) is 5.56 Å². The molecule has 16 heavy (non-hydrogen) atoms. The maximum Gasteiger partial charge on any atom is 0.345 e. The molecule has 1 aromatic carbocycles. The Morgan fingerprint density at radius 1 is 1.44 bits per heavy atom. The second-order valence-corrected chi connectivity index (χ2v) is 4.42. The van der Waals surface area contributed by atoms with Gasteiger partial charge in [0.05, 0.1) is 5.02 Å². The van der Waals surface area contributed by atoms with E-state index in [1.807, 2.05) is 0 Å². The Labute approximate surface area is 99.9 Å². The van der Waals surface area contributed by atoms with Crippen LogP contribution in [0.25, 0.3) is 11.1 Å². The molecule has 0 fully saturated rings. The fraction of sp³-hybridized carbons (Fsp3) is 0. The molecule has 0 bridgehead atoms. The van der Waals surface area contributed by atoms with Crippen molar-refractivity contribution in [1.29, 1.82) is 0 Å². The van der Waals surface area contributed by atoms with Crippen molar-refractivity contribution in [2.75, 3.05) is 0 Å². The van der Waals surface area contributed by atoms with Gasteiger partial charge in [0.2, 0.25) is 0 Å². The summed E-state index contributed by atoms with van der Waals surface area (Å²) >= 11 is 6.92. The summed E-state index contributed by atoms with van der Waals surface area (Å²) < 4.78 is 13.5. The molecule has 0 aliphatic rings. The summed E-state index contributed by atoms with van der Waals surface area (Å²) in [6, 6.07) is 5.78. The van der Waals surface area contributed by atoms with Gasteiger partial charge in [-0.2, -0.15) is 0 Å². The predicted molar refractivity (Wildman–Crippen MR) is 61.7 cm³/mol. The molecule has 0 aliphatic carbocycles. The van der Waals surface area contributed by atoms with Gasteiger partial charge in [0.15, 0.2) is 0 Å². The third-order valence-corrected chi connectivity index (χ3v) is 3.29. The summed E-state index contributed by atoms with van der Waals surface area (Å²) in [5.41, 5.74) is 0.735. The molecule has 0 unspecified atom stereocenters. The van der Waals surface area contributed by atoms with E-state index < -0.39 is 11.8 Å². The van der Waals surface area contributed by atoms with Gasteiger partial charge < -0.3 is 5.11 Å². The van der Waals surface area contributed by atoms with E-state index in [1.165, 1.54) is 18.2 Å². The lowest BCUT2D eigenvalue weighted by Gasteiger charge is -2.02. The molecule has 0 atom stereocenters. The average molecular weight is 257 g/mol. The lowest BCUT2D eigenvalue weighted by atomic mass is 10.1. The number of hydrogen-bond acceptors (Lipinski definition) is 2. The van der Waals surface area contributed by atoms with E-state index in [2.05, 4.69) is 0 Å². The number of halogens is 2. The van der Waals surface area contributed by atoms with E-state index in [0.717, 1.165) is 11.3 Å². The molecular formula is C11H6ClFO2S. The van der Waals surface area contributed by atoms with Crippen LogP contribution in [0.2, 0.25) is 5.02 Å². The highest BCUT2D eigenvalue weighted by Crippen LogP contribution is 2.33. The Balaban J connectivity index is 2.54. The Bertz CT molecular complexity index is 530. The quantitative estimate of drug-likeness (QED) is 0.885. The van der Waals surface area contributed by atoms with Crippen molar-refractivity contribution in [3.05, 3.63) is 45.4 Å². The number of aromatic carboxylic acids is 1. The lowest BCUT2D eigenvalue weighted by molar-refractivity contribution is 0.0702. The molecule has 0 saturated heterocycles. The molecule has 2 aromatic rings. The first-order valence-corrected chi connectivity index (χ1v) is 5.61. The van der Waals surface area contributed by atoms with Crippen LogP contribution in [0.5, 0.6) is 0 Å². The Morgan fingerprint density at radius 2 is 2.19 bits per heavy atom. The molecule has 0 amide bonds. The molecule has 0 saturated carbocycles. The molecule has 5 heteroatoms. The number of carbonyl (C=O) groups is 1. The Hall–Kier alpha value is -1.39. The third-order valence-electron chi connectivity index (χ3n) is 2.06. The summed E-state index contributed by atoms with van der Waals surface area (Å²) in [5.74, 6) is -1.48. The third kappa shape index (κ3) is 1.94. The van der Waals surface area contributed by atoms with Gasteiger partial charge >= 0.3 is 5.97 Å². The van der Waals surface area contributed by atoms with E-state index in [1.54, 1.807) is 11.4 Å². The second kappa shape index (κ2) is 4.23. The maximum absolute atomic E-state index is 13.5. The highest BCUT2D eigenvalue weighted by Gasteiger charge is 2.13. The van der Waals surface area contributed by atoms with Gasteiger partial charge in [-0.3, -0.25) is 0 Å². The number of thiophene rings is 1. The van der Waals surface area contributed by atoms with Crippen molar-refractivity contribution in [3.63, 3.8) is 0 Å². The van der Waals surface area contributed by atoms with Crippen molar-refractivity contribution < 1.29 is 14.3 Å². The zero-order valence-corrected chi connectivity index (χ0v) is 9.48. The summed E-state index contributed by atoms with van der Waals surface area (Å²) in [6.07, 6.45) is 0. The molecule has 1 aromatic heterocycles. The SMILES string of the molecule is O=C(O)c1cc(-c2c(F)cccc2Cl)cs1. The molecular weight excluding hydrogens is 251 g/mol. The van der Waals surface area contributed by atoms with Crippen LogP contribution < -0.4 is 0 Å². The fourth-order valence-corrected chi connectivity index (χ4v) is 2.36. The highest BCUT2D eigenvalue weighted by molar-refractivity contribution is 7.12. The van der Waals surface area contributed by atoms with E-state index in [0.29, 0.717) is 5.56 Å². The highest BCUT2D eigenvalue weighted by atomic mass is 35.5. The molecule has 82 valence electrons. The Morgan fingerprint density at radius 3 is 2.75 bits per heavy atom. The average Bonchev–Trinajstić information content (AvgIpc) is 2.66. The number of benzene rings is 1. The van der Waals surface area contributed by atoms with Gasteiger partial charge in [-0.25, -0.2) is 9.18 Å². The molecule has 0 aliphatic heterocycles. The van der Waals surface area contributed by atoms with Gasteiger partial charge in [-0.1, -0.05) is 17.7 Å². The second-order valence-electron chi connectivity index (χ2n) is 3.10. The number of carboxylic acid groups (broad SMARTS) is 1. The largest absolute Gasteiger partial charge is 0.477 e. The zero-order chi connectivity index (χ0) is 11.7. The molecule has 2 rings (SSSR count). The minimum absolute atomic E-state index is 0.161. The van der Waals surface area contributed by atoms with Crippen molar-refractivity contribution in [1.82, 2.24) is 0 Å². The van der Waals surface area contributed by atoms with Crippen LogP contribution >= 0.6 is 22.9 Å². The van der Waals surface area contributed by atoms with E-state index >= 15 is 0 Å². The summed E-state index contributed by atoms with van der Waals surface area (Å²) in [6.45, 7) is 0. The first-order valence-electron chi connectivity index (χ1n) is 4.36. The lowest BCUT2D eigenvalue weighted by Crippen LogP contribution is -1.90. The zero-order valence-electron chi connectivity index (χ0n) is 7.91. The standard InChI is InChI=1S/C11H6ClFO2S/c12-7-2-1-3-8(13)10(7)6-4-9(11(14)15)16-5-6/h1-5H,(H,14,15). The van der Waals surface area contributed by atoms with Crippen molar-refractivity contribution in [3.8, 4) is 11.1 Å². The number of rotatable bonds is 2. The topological polar surface area (TPSA) is 37.3 Å². The normalized spacial score (nSPS) is 10.4. The molecule has 2 nitrogen and oxygen atoms in total. The van der Waals surface area contributed by atoms with Crippen LogP contribution in [-0.2, 0) is 0 Å². The monoisotopic (exact) mass is 256 g/mol. The van der Waals surface area contributed by atoms with Gasteiger partial charge in [-0.05, 0) is 29.1 Å². The van der Waals surface area contributed by atoms with Gasteiger partial charge in [-0.15, -0.1) is 11.3 Å². The molecule has 0 radical (unpaired) electrons. The van der Waals surface area contributed by atoms with Gasteiger partial charge in [0.1, 0.15) is 10.7 Å². The molecule has 1 N–H and O–H groups in total. The number of carboxylic acids is 1.